The molecule has 0 saturated carbocycles. The topological polar surface area (TPSA) is 76.4 Å². The standard InChI is InChI=1S/C24H20ClNO4S2/c1-16(27)11-17-5-4-6-18(12-17)15-31-23-10-9-20(25)14-21(23)26-32(28,29)24-13-19-7-2-3-8-22(19)30-24/h2-10,12-14,26H,11,15H2,1H3. The van der Waals surface area contributed by atoms with E-state index >= 15 is 0 Å². The zero-order chi connectivity index (χ0) is 22.7. The van der Waals surface area contributed by atoms with E-state index in [1.54, 1.807) is 43.3 Å². The molecule has 0 bridgehead atoms. The highest BCUT2D eigenvalue weighted by atomic mass is 35.5. The Labute approximate surface area is 195 Å². The molecule has 8 heteroatoms. The predicted octanol–water partition coefficient (Wildman–Crippen LogP) is 6.31. The van der Waals surface area contributed by atoms with Crippen LogP contribution in [-0.2, 0) is 27.0 Å². The van der Waals surface area contributed by atoms with Gasteiger partial charge in [0.15, 0.2) is 0 Å². The van der Waals surface area contributed by atoms with E-state index in [0.717, 1.165) is 16.0 Å². The minimum Gasteiger partial charge on any atom is -0.443 e. The van der Waals surface area contributed by atoms with Crippen molar-refractivity contribution in [1.82, 2.24) is 0 Å². The Morgan fingerprint density at radius 1 is 1.00 bits per heavy atom. The molecule has 1 N–H and O–H groups in total. The second-order valence-electron chi connectivity index (χ2n) is 7.34. The number of thioether (sulfide) groups is 1. The Morgan fingerprint density at radius 3 is 2.56 bits per heavy atom. The van der Waals surface area contributed by atoms with Crippen LogP contribution in [0.5, 0.6) is 0 Å². The van der Waals surface area contributed by atoms with Crippen molar-refractivity contribution in [1.29, 1.82) is 0 Å². The van der Waals surface area contributed by atoms with Crippen LogP contribution in [0.4, 0.5) is 5.69 Å². The van der Waals surface area contributed by atoms with E-state index in [9.17, 15) is 13.2 Å². The number of rotatable bonds is 8. The lowest BCUT2D eigenvalue weighted by Gasteiger charge is -2.12. The zero-order valence-corrected chi connectivity index (χ0v) is 19.6. The largest absolute Gasteiger partial charge is 0.443 e. The van der Waals surface area contributed by atoms with Gasteiger partial charge in [-0.05, 0) is 42.3 Å². The number of anilines is 1. The maximum Gasteiger partial charge on any atom is 0.295 e. The van der Waals surface area contributed by atoms with Crippen LogP contribution < -0.4 is 4.72 Å². The molecule has 0 fully saturated rings. The van der Waals surface area contributed by atoms with Gasteiger partial charge < -0.3 is 4.42 Å². The number of carbonyl (C=O) groups is 1. The van der Waals surface area contributed by atoms with Gasteiger partial charge in [0.25, 0.3) is 10.0 Å². The molecular weight excluding hydrogens is 466 g/mol. The van der Waals surface area contributed by atoms with E-state index < -0.39 is 10.0 Å². The molecule has 4 aromatic rings. The van der Waals surface area contributed by atoms with Crippen LogP contribution in [0.1, 0.15) is 18.1 Å². The highest BCUT2D eigenvalue weighted by Crippen LogP contribution is 2.34. The average molecular weight is 486 g/mol. The normalized spacial score (nSPS) is 11.6. The molecule has 1 heterocycles. The fraction of sp³-hybridized carbons (Fsp3) is 0.125. The minimum atomic E-state index is -3.94. The van der Waals surface area contributed by atoms with Crippen molar-refractivity contribution in [3.8, 4) is 0 Å². The zero-order valence-electron chi connectivity index (χ0n) is 17.2. The van der Waals surface area contributed by atoms with Crippen LogP contribution in [0.3, 0.4) is 0 Å². The number of fused-ring (bicyclic) bond motifs is 1. The van der Waals surface area contributed by atoms with Gasteiger partial charge in [-0.3, -0.25) is 9.52 Å². The quantitative estimate of drug-likeness (QED) is 0.296. The number of carbonyl (C=O) groups excluding carboxylic acids is 1. The van der Waals surface area contributed by atoms with Crippen molar-refractivity contribution in [2.24, 2.45) is 0 Å². The molecule has 32 heavy (non-hydrogen) atoms. The van der Waals surface area contributed by atoms with Crippen LogP contribution in [0, 0.1) is 0 Å². The van der Waals surface area contributed by atoms with Crippen molar-refractivity contribution >= 4 is 55.8 Å². The third-order valence-corrected chi connectivity index (χ3v) is 7.29. The van der Waals surface area contributed by atoms with E-state index in [1.807, 2.05) is 30.3 Å². The molecule has 0 aliphatic heterocycles. The number of sulfonamides is 1. The Hall–Kier alpha value is -2.74. The molecular formula is C24H20ClNO4S2. The molecule has 0 aliphatic carbocycles. The summed E-state index contributed by atoms with van der Waals surface area (Å²) in [6, 6.07) is 21.5. The van der Waals surface area contributed by atoms with Gasteiger partial charge in [0.2, 0.25) is 5.09 Å². The van der Waals surface area contributed by atoms with Crippen LogP contribution >= 0.6 is 23.4 Å². The van der Waals surface area contributed by atoms with Crippen molar-refractivity contribution in [3.05, 3.63) is 88.9 Å². The third kappa shape index (κ3) is 5.35. The smallest absolute Gasteiger partial charge is 0.295 e. The monoisotopic (exact) mass is 485 g/mol. The molecule has 5 nitrogen and oxygen atoms in total. The molecule has 0 spiro atoms. The first kappa shape index (κ1) is 22.5. The second-order valence-corrected chi connectivity index (χ2v) is 10.4. The molecule has 0 unspecified atom stereocenters. The average Bonchev–Trinajstić information content (AvgIpc) is 3.18. The van der Waals surface area contributed by atoms with E-state index in [-0.39, 0.29) is 10.9 Å². The number of nitrogens with one attached hydrogen (secondary N) is 1. The molecule has 0 aliphatic rings. The summed E-state index contributed by atoms with van der Waals surface area (Å²) in [5, 5.41) is 0.964. The molecule has 0 atom stereocenters. The van der Waals surface area contributed by atoms with Crippen molar-refractivity contribution in [3.63, 3.8) is 0 Å². The lowest BCUT2D eigenvalue weighted by Crippen LogP contribution is -2.12. The maximum atomic E-state index is 13.0. The summed E-state index contributed by atoms with van der Waals surface area (Å²) in [6.07, 6.45) is 0.391. The van der Waals surface area contributed by atoms with Crippen LogP contribution in [0.15, 0.2) is 87.2 Å². The molecule has 0 amide bonds. The summed E-state index contributed by atoms with van der Waals surface area (Å²) in [4.78, 5) is 12.1. The van der Waals surface area contributed by atoms with Gasteiger partial charge in [0.05, 0.1) is 5.69 Å². The van der Waals surface area contributed by atoms with Gasteiger partial charge in [-0.25, -0.2) is 0 Å². The highest BCUT2D eigenvalue weighted by molar-refractivity contribution is 7.98. The molecule has 164 valence electrons. The lowest BCUT2D eigenvalue weighted by atomic mass is 10.1. The van der Waals surface area contributed by atoms with Crippen molar-refractivity contribution in [2.45, 2.75) is 29.1 Å². The Morgan fingerprint density at radius 2 is 1.78 bits per heavy atom. The number of ketones is 1. The number of halogens is 1. The number of hydrogen-bond donors (Lipinski definition) is 1. The number of Topliss-reactive ketones (excluding diaryl/α,β-unsaturated/α-hetero) is 1. The molecule has 4 rings (SSSR count). The lowest BCUT2D eigenvalue weighted by molar-refractivity contribution is -0.116. The van der Waals surface area contributed by atoms with Crippen LogP contribution in [0.2, 0.25) is 5.02 Å². The third-order valence-electron chi connectivity index (χ3n) is 4.69. The van der Waals surface area contributed by atoms with Crippen molar-refractivity contribution in [2.75, 3.05) is 4.72 Å². The molecule has 0 saturated heterocycles. The minimum absolute atomic E-state index is 0.106. The maximum absolute atomic E-state index is 13.0. The van der Waals surface area contributed by atoms with Gasteiger partial charge in [-0.1, -0.05) is 54.1 Å². The van der Waals surface area contributed by atoms with Crippen LogP contribution in [-0.4, -0.2) is 14.2 Å². The summed E-state index contributed by atoms with van der Waals surface area (Å²) in [5.41, 5.74) is 2.87. The summed E-state index contributed by atoms with van der Waals surface area (Å²) in [6.45, 7) is 1.57. The number of hydrogen-bond acceptors (Lipinski definition) is 5. The second kappa shape index (κ2) is 9.40. The van der Waals surface area contributed by atoms with E-state index in [2.05, 4.69) is 4.72 Å². The van der Waals surface area contributed by atoms with Crippen molar-refractivity contribution < 1.29 is 17.6 Å². The highest BCUT2D eigenvalue weighted by Gasteiger charge is 2.21. The Kier molecular flexibility index (Phi) is 6.60. The first-order chi connectivity index (χ1) is 15.3. The van der Waals surface area contributed by atoms with E-state index in [0.29, 0.717) is 33.9 Å². The number of benzene rings is 3. The fourth-order valence-corrected chi connectivity index (χ4v) is 5.48. The summed E-state index contributed by atoms with van der Waals surface area (Å²) in [7, 11) is -3.94. The number of para-hydroxylation sites is 1. The fourth-order valence-electron chi connectivity index (χ4n) is 3.27. The SMILES string of the molecule is CC(=O)Cc1cccc(CSc2ccc(Cl)cc2NS(=O)(=O)c2cc3ccccc3o2)c1. The van der Waals surface area contributed by atoms with Gasteiger partial charge in [-0.2, -0.15) is 8.42 Å². The number of furan rings is 1. The predicted molar refractivity (Wildman–Crippen MR) is 129 cm³/mol. The van der Waals surface area contributed by atoms with Gasteiger partial charge in [-0.15, -0.1) is 11.8 Å². The van der Waals surface area contributed by atoms with Gasteiger partial charge in [0.1, 0.15) is 11.4 Å². The van der Waals surface area contributed by atoms with Crippen LogP contribution in [0.25, 0.3) is 11.0 Å². The first-order valence-corrected chi connectivity index (χ1v) is 12.7. The summed E-state index contributed by atoms with van der Waals surface area (Å²) >= 11 is 7.62. The Balaban J connectivity index is 1.56. The first-order valence-electron chi connectivity index (χ1n) is 9.81. The molecule has 0 radical (unpaired) electrons. The molecule has 3 aromatic carbocycles. The molecule has 1 aromatic heterocycles. The Bertz CT molecular complexity index is 1360. The van der Waals surface area contributed by atoms with Gasteiger partial charge >= 0.3 is 0 Å². The van der Waals surface area contributed by atoms with E-state index in [4.69, 9.17) is 16.0 Å². The van der Waals surface area contributed by atoms with E-state index in [1.165, 1.54) is 17.8 Å². The summed E-state index contributed by atoms with van der Waals surface area (Å²) in [5.74, 6) is 0.710. The van der Waals surface area contributed by atoms with Gasteiger partial charge in [0, 0.05) is 33.5 Å². The summed E-state index contributed by atoms with van der Waals surface area (Å²) < 4.78 is 34.1.